The zero-order valence-electron chi connectivity index (χ0n) is 19.4. The third-order valence-electron chi connectivity index (χ3n) is 7.16. The lowest BCUT2D eigenvalue weighted by atomic mass is 9.95. The van der Waals surface area contributed by atoms with Crippen LogP contribution >= 0.6 is 22.9 Å². The lowest BCUT2D eigenvalue weighted by molar-refractivity contribution is 0.353. The van der Waals surface area contributed by atoms with Crippen molar-refractivity contribution in [3.8, 4) is 0 Å². The summed E-state index contributed by atoms with van der Waals surface area (Å²) in [5, 5.41) is 8.16. The minimum Gasteiger partial charge on any atom is -0.365 e. The molecule has 4 fully saturated rings. The van der Waals surface area contributed by atoms with Gasteiger partial charge in [0, 0.05) is 6.04 Å². The van der Waals surface area contributed by atoms with E-state index in [0.29, 0.717) is 11.3 Å². The van der Waals surface area contributed by atoms with Gasteiger partial charge in [0.2, 0.25) is 5.28 Å². The summed E-state index contributed by atoms with van der Waals surface area (Å²) in [5.41, 5.74) is 2.47. The van der Waals surface area contributed by atoms with Crippen molar-refractivity contribution in [3.63, 3.8) is 0 Å². The molecule has 5 nitrogen and oxygen atoms in total. The SMILES string of the molecule is C.C1CC2(CCN1)CC2.CC1(C)CC1.Cc1nc2c(NC3CCCCC3)nc(Cl)nc2s1. The first-order chi connectivity index (χ1) is 14.8. The topological polar surface area (TPSA) is 62.7 Å². The number of nitrogens with zero attached hydrogens (tertiary/aromatic N) is 3. The molecule has 0 unspecified atom stereocenters. The van der Waals surface area contributed by atoms with Gasteiger partial charge < -0.3 is 10.6 Å². The second-order valence-corrected chi connectivity index (χ2v) is 12.1. The van der Waals surface area contributed by atoms with Crippen LogP contribution in [0, 0.1) is 17.8 Å². The van der Waals surface area contributed by atoms with E-state index in [2.05, 4.69) is 39.4 Å². The molecule has 7 heteroatoms. The molecule has 0 atom stereocenters. The van der Waals surface area contributed by atoms with Crippen molar-refractivity contribution in [2.45, 2.75) is 105 Å². The summed E-state index contributed by atoms with van der Waals surface area (Å²) in [7, 11) is 0. The number of piperidine rings is 1. The highest BCUT2D eigenvalue weighted by atomic mass is 35.5. The first-order valence-corrected chi connectivity index (χ1v) is 13.3. The second kappa shape index (κ2) is 11.0. The molecule has 2 aromatic rings. The van der Waals surface area contributed by atoms with Gasteiger partial charge in [0.05, 0.1) is 5.01 Å². The maximum absolute atomic E-state index is 5.97. The number of nitrogens with one attached hydrogen (secondary N) is 2. The van der Waals surface area contributed by atoms with Crippen LogP contribution in [0.2, 0.25) is 5.28 Å². The van der Waals surface area contributed by atoms with Crippen molar-refractivity contribution in [2.24, 2.45) is 10.8 Å². The standard InChI is InChI=1S/C12H15ClN4S.C7H13N.C5H10.CH4/c1-7-14-9-10(15-8-5-3-2-4-6-8)16-12(13)17-11(9)18-7;1-2-7(1)3-5-8-6-4-7;1-5(2)3-4-5;/h8H,2-6H2,1H3,(H,15,16,17);8H,1-6H2;3-4H2,1-2H3;1H4. The fourth-order valence-corrected chi connectivity index (χ4v) is 5.33. The summed E-state index contributed by atoms with van der Waals surface area (Å²) in [4.78, 5) is 13.9. The molecule has 1 aliphatic heterocycles. The summed E-state index contributed by atoms with van der Waals surface area (Å²) in [6.45, 7) is 9.13. The van der Waals surface area contributed by atoms with Gasteiger partial charge in [-0.25, -0.2) is 9.97 Å². The average Bonchev–Trinajstić information content (AvgIpc) is 3.62. The summed E-state index contributed by atoms with van der Waals surface area (Å²) >= 11 is 7.52. The molecular formula is C25H42ClN5S. The maximum Gasteiger partial charge on any atom is 0.225 e. The normalized spacial score (nSPS) is 22.6. The van der Waals surface area contributed by atoms with E-state index in [4.69, 9.17) is 11.6 Å². The summed E-state index contributed by atoms with van der Waals surface area (Å²) in [6.07, 6.45) is 15.2. The quantitative estimate of drug-likeness (QED) is 0.439. The van der Waals surface area contributed by atoms with Gasteiger partial charge in [-0.05, 0) is 93.8 Å². The van der Waals surface area contributed by atoms with E-state index in [-0.39, 0.29) is 7.43 Å². The molecule has 3 heterocycles. The van der Waals surface area contributed by atoms with Crippen molar-refractivity contribution in [1.82, 2.24) is 20.3 Å². The van der Waals surface area contributed by atoms with E-state index in [0.717, 1.165) is 32.0 Å². The molecular weight excluding hydrogens is 438 g/mol. The van der Waals surface area contributed by atoms with E-state index in [1.807, 2.05) is 6.92 Å². The molecule has 2 N–H and O–H groups in total. The number of rotatable bonds is 2. The summed E-state index contributed by atoms with van der Waals surface area (Å²) in [5.74, 6) is 0.793. The number of aromatic nitrogens is 3. The summed E-state index contributed by atoms with van der Waals surface area (Å²) < 4.78 is 0. The molecule has 1 spiro atoms. The van der Waals surface area contributed by atoms with Crippen LogP contribution in [0.25, 0.3) is 10.3 Å². The molecule has 6 rings (SSSR count). The number of thiazole rings is 1. The molecule has 3 saturated carbocycles. The highest BCUT2D eigenvalue weighted by Gasteiger charge is 2.42. The lowest BCUT2D eigenvalue weighted by Crippen LogP contribution is -2.28. The fourth-order valence-electron chi connectivity index (χ4n) is 4.33. The molecule has 4 aliphatic rings. The van der Waals surface area contributed by atoms with Crippen molar-refractivity contribution in [3.05, 3.63) is 10.3 Å². The van der Waals surface area contributed by atoms with Gasteiger partial charge in [-0.3, -0.25) is 0 Å². The predicted molar refractivity (Wildman–Crippen MR) is 139 cm³/mol. The third-order valence-corrected chi connectivity index (χ3v) is 8.19. The molecule has 1 saturated heterocycles. The molecule has 2 aromatic heterocycles. The molecule has 0 amide bonds. The molecule has 180 valence electrons. The monoisotopic (exact) mass is 479 g/mol. The molecule has 32 heavy (non-hydrogen) atoms. The molecule has 0 aromatic carbocycles. The maximum atomic E-state index is 5.97. The Hall–Kier alpha value is -0.980. The Morgan fingerprint density at radius 1 is 0.938 bits per heavy atom. The van der Waals surface area contributed by atoms with Gasteiger partial charge in [0.25, 0.3) is 0 Å². The Balaban J connectivity index is 0.000000169. The van der Waals surface area contributed by atoms with Crippen molar-refractivity contribution >= 4 is 39.1 Å². The van der Waals surface area contributed by atoms with Gasteiger partial charge in [0.1, 0.15) is 5.52 Å². The number of fused-ring (bicyclic) bond motifs is 1. The van der Waals surface area contributed by atoms with Crippen LogP contribution in [0.1, 0.15) is 96.9 Å². The minimum atomic E-state index is 0. The van der Waals surface area contributed by atoms with Crippen LogP contribution in [0.5, 0.6) is 0 Å². The van der Waals surface area contributed by atoms with E-state index in [1.165, 1.54) is 83.7 Å². The number of halogens is 1. The van der Waals surface area contributed by atoms with E-state index in [1.54, 1.807) is 11.3 Å². The zero-order valence-corrected chi connectivity index (χ0v) is 21.0. The van der Waals surface area contributed by atoms with Crippen LogP contribution in [0.15, 0.2) is 0 Å². The molecule has 0 radical (unpaired) electrons. The van der Waals surface area contributed by atoms with E-state index in [9.17, 15) is 0 Å². The minimum absolute atomic E-state index is 0. The average molecular weight is 480 g/mol. The Morgan fingerprint density at radius 2 is 1.56 bits per heavy atom. The molecule has 0 bridgehead atoms. The molecule has 3 aliphatic carbocycles. The number of aryl methyl sites for hydroxylation is 1. The third kappa shape index (κ3) is 7.53. The van der Waals surface area contributed by atoms with Crippen LogP contribution in [0.3, 0.4) is 0 Å². The van der Waals surface area contributed by atoms with Crippen molar-refractivity contribution in [2.75, 3.05) is 18.4 Å². The van der Waals surface area contributed by atoms with E-state index < -0.39 is 0 Å². The van der Waals surface area contributed by atoms with Gasteiger partial charge in [-0.1, -0.05) is 51.9 Å². The zero-order chi connectivity index (χ0) is 21.9. The van der Waals surface area contributed by atoms with Crippen LogP contribution < -0.4 is 10.6 Å². The van der Waals surface area contributed by atoms with Crippen LogP contribution in [-0.4, -0.2) is 34.1 Å². The number of anilines is 1. The fraction of sp³-hybridized carbons (Fsp3) is 0.800. The Kier molecular flexibility index (Phi) is 8.78. The van der Waals surface area contributed by atoms with Gasteiger partial charge >= 0.3 is 0 Å². The lowest BCUT2D eigenvalue weighted by Gasteiger charge is -2.23. The van der Waals surface area contributed by atoms with Gasteiger partial charge in [0.15, 0.2) is 10.6 Å². The Morgan fingerprint density at radius 3 is 2.09 bits per heavy atom. The Labute approximate surface area is 203 Å². The highest BCUT2D eigenvalue weighted by Crippen LogP contribution is 2.52. The van der Waals surface area contributed by atoms with Crippen LogP contribution in [0.4, 0.5) is 5.82 Å². The van der Waals surface area contributed by atoms with Gasteiger partial charge in [-0.15, -0.1) is 0 Å². The van der Waals surface area contributed by atoms with E-state index >= 15 is 0 Å². The Bertz CT molecular complexity index is 857. The predicted octanol–water partition coefficient (Wildman–Crippen LogP) is 7.39. The highest BCUT2D eigenvalue weighted by molar-refractivity contribution is 7.18. The smallest absolute Gasteiger partial charge is 0.225 e. The van der Waals surface area contributed by atoms with Crippen molar-refractivity contribution in [1.29, 1.82) is 0 Å². The second-order valence-electron chi connectivity index (χ2n) is 10.6. The largest absolute Gasteiger partial charge is 0.365 e. The number of hydrogen-bond donors (Lipinski definition) is 2. The number of hydrogen-bond acceptors (Lipinski definition) is 6. The summed E-state index contributed by atoms with van der Waals surface area (Å²) in [6, 6.07) is 0.495. The van der Waals surface area contributed by atoms with Crippen molar-refractivity contribution < 1.29 is 0 Å². The first-order valence-electron chi connectivity index (χ1n) is 12.1. The first kappa shape index (κ1) is 25.6. The van der Waals surface area contributed by atoms with Gasteiger partial charge in [-0.2, -0.15) is 4.98 Å². The van der Waals surface area contributed by atoms with Crippen LogP contribution in [-0.2, 0) is 0 Å².